The van der Waals surface area contributed by atoms with Crippen LogP contribution in [0.2, 0.25) is 0 Å². The molecule has 1 atom stereocenters. The van der Waals surface area contributed by atoms with Gasteiger partial charge in [0.25, 0.3) is 5.84 Å². The smallest absolute Gasteiger partial charge is 0.318 e. The van der Waals surface area contributed by atoms with Crippen LogP contribution in [0.3, 0.4) is 0 Å². The lowest BCUT2D eigenvalue weighted by atomic mass is 10.2. The van der Waals surface area contributed by atoms with E-state index in [1.165, 1.54) is 4.88 Å². The van der Waals surface area contributed by atoms with Gasteiger partial charge in [-0.3, -0.25) is 0 Å². The summed E-state index contributed by atoms with van der Waals surface area (Å²) in [7, 11) is 1.97. The van der Waals surface area contributed by atoms with Gasteiger partial charge >= 0.3 is 5.13 Å². The van der Waals surface area contributed by atoms with Crippen molar-refractivity contribution in [3.05, 3.63) is 76.8 Å². The summed E-state index contributed by atoms with van der Waals surface area (Å²) in [5.41, 5.74) is 3.23. The fourth-order valence-corrected chi connectivity index (χ4v) is 3.85. The number of hydrogen-bond acceptors (Lipinski definition) is 5. The highest BCUT2D eigenvalue weighted by Gasteiger charge is 2.41. The largest absolute Gasteiger partial charge is 1.00 e. The topological polar surface area (TPSA) is 36.2 Å². The van der Waals surface area contributed by atoms with Gasteiger partial charge in [0.1, 0.15) is 5.69 Å². The Morgan fingerprint density at radius 2 is 1.54 bits per heavy atom. The lowest BCUT2D eigenvalue weighted by Crippen LogP contribution is -3.16. The minimum absolute atomic E-state index is 0. The standard InChI is InChI=1S/C19H19N5S.BrH/c1-14-15(2)25-19(20-14)23-18(16-10-6-4-7-11-16)21-22(3)24(23)17-12-8-5-9-13-17;/h4-13H,1-3H3;1H. The van der Waals surface area contributed by atoms with Crippen molar-refractivity contribution in [3.63, 3.8) is 0 Å². The van der Waals surface area contributed by atoms with Crippen LogP contribution in [0.5, 0.6) is 0 Å². The molecule has 5 nitrogen and oxygen atoms in total. The molecule has 0 fully saturated rings. The number of halogens is 1. The van der Waals surface area contributed by atoms with Gasteiger partial charge < -0.3 is 17.0 Å². The molecule has 2 heterocycles. The van der Waals surface area contributed by atoms with Gasteiger partial charge in [0, 0.05) is 4.88 Å². The normalized spacial score (nSPS) is 16.4. The fraction of sp³-hybridized carbons (Fsp3) is 0.158. The Balaban J connectivity index is 0.00000196. The molecule has 1 aliphatic heterocycles. The van der Waals surface area contributed by atoms with Crippen molar-refractivity contribution in [3.8, 4) is 0 Å². The number of anilines is 1. The van der Waals surface area contributed by atoms with Gasteiger partial charge in [-0.25, -0.2) is 0 Å². The van der Waals surface area contributed by atoms with Gasteiger partial charge in [-0.2, -0.15) is 10.1 Å². The molecular weight excluding hydrogens is 410 g/mol. The van der Waals surface area contributed by atoms with E-state index < -0.39 is 0 Å². The molecular formula is C19H20BrN5S. The Labute approximate surface area is 167 Å². The zero-order chi connectivity index (χ0) is 17.4. The van der Waals surface area contributed by atoms with Crippen molar-refractivity contribution in [2.45, 2.75) is 13.8 Å². The number of amidine groups is 1. The van der Waals surface area contributed by atoms with Crippen LogP contribution in [0.1, 0.15) is 16.1 Å². The van der Waals surface area contributed by atoms with E-state index in [9.17, 15) is 0 Å². The molecule has 7 heteroatoms. The molecule has 1 aliphatic rings. The Bertz CT molecular complexity index is 891. The highest BCUT2D eigenvalue weighted by molar-refractivity contribution is 7.14. The molecule has 2 aromatic carbocycles. The zero-order valence-corrected chi connectivity index (χ0v) is 17.3. The Hall–Kier alpha value is -2.22. The minimum Gasteiger partial charge on any atom is -1.00 e. The van der Waals surface area contributed by atoms with Crippen molar-refractivity contribution in [1.29, 1.82) is 0 Å². The number of quaternary nitrogens is 1. The van der Waals surface area contributed by atoms with Gasteiger partial charge in [0.2, 0.25) is 0 Å². The number of aromatic nitrogens is 1. The number of benzene rings is 2. The quantitative estimate of drug-likeness (QED) is 0.632. The molecule has 3 aromatic rings. The molecule has 1 unspecified atom stereocenters. The molecule has 0 saturated carbocycles. The van der Waals surface area contributed by atoms with E-state index >= 15 is 0 Å². The first-order valence-corrected chi connectivity index (χ1v) is 9.01. The number of hydrazine groups is 1. The summed E-state index contributed by atoms with van der Waals surface area (Å²) in [5.74, 6) is 0.945. The van der Waals surface area contributed by atoms with Crippen molar-refractivity contribution in [2.24, 2.45) is 5.10 Å². The molecule has 0 spiro atoms. The summed E-state index contributed by atoms with van der Waals surface area (Å²) in [6.45, 7) is 4.17. The maximum absolute atomic E-state index is 4.82. The fourth-order valence-electron chi connectivity index (χ4n) is 2.90. The summed E-state index contributed by atoms with van der Waals surface area (Å²) in [4.78, 5) is 6.04. The Kier molecular flexibility index (Phi) is 5.41. The lowest BCUT2D eigenvalue weighted by molar-refractivity contribution is -0.748. The third-order valence-corrected chi connectivity index (χ3v) is 5.33. The van der Waals surface area contributed by atoms with E-state index in [1.54, 1.807) is 11.3 Å². The van der Waals surface area contributed by atoms with E-state index in [4.69, 9.17) is 10.1 Å². The average Bonchev–Trinajstić information content (AvgIpc) is 3.16. The number of nitrogens with zero attached hydrogens (tertiary/aromatic N) is 4. The van der Waals surface area contributed by atoms with Gasteiger partial charge in [-0.1, -0.05) is 58.0 Å². The third-order valence-electron chi connectivity index (χ3n) is 4.25. The second kappa shape index (κ2) is 7.57. The van der Waals surface area contributed by atoms with Gasteiger partial charge in [-0.15, -0.1) is 5.01 Å². The van der Waals surface area contributed by atoms with Gasteiger partial charge in [0.15, 0.2) is 0 Å². The first-order valence-electron chi connectivity index (χ1n) is 8.19. The van der Waals surface area contributed by atoms with Crippen molar-refractivity contribution < 1.29 is 22.0 Å². The van der Waals surface area contributed by atoms with Crippen molar-refractivity contribution in [2.75, 3.05) is 12.2 Å². The van der Waals surface area contributed by atoms with E-state index in [-0.39, 0.29) is 17.0 Å². The molecule has 0 bridgehead atoms. The van der Waals surface area contributed by atoms with E-state index in [0.717, 1.165) is 32.9 Å². The molecule has 0 aliphatic carbocycles. The highest BCUT2D eigenvalue weighted by atomic mass is 79.9. The molecule has 0 saturated heterocycles. The summed E-state index contributed by atoms with van der Waals surface area (Å²) < 4.78 is 0. The molecule has 0 amide bonds. The Morgan fingerprint density at radius 1 is 0.923 bits per heavy atom. The number of rotatable bonds is 3. The number of hydrazone groups is 1. The molecule has 1 aromatic heterocycles. The number of hydrogen-bond donors (Lipinski definition) is 1. The first-order chi connectivity index (χ1) is 12.1. The lowest BCUT2D eigenvalue weighted by Gasteiger charge is -2.26. The van der Waals surface area contributed by atoms with Crippen LogP contribution in [0.4, 0.5) is 10.8 Å². The predicted octanol–water partition coefficient (Wildman–Crippen LogP) is -0.0759. The number of para-hydroxylation sites is 1. The SMILES string of the molecule is Cc1nc([NH+]2C(c3ccccc3)=NN(C)N2c2ccccc2)sc1C.[Br-]. The molecule has 0 radical (unpaired) electrons. The van der Waals surface area contributed by atoms with E-state index in [0.29, 0.717) is 0 Å². The van der Waals surface area contributed by atoms with Crippen LogP contribution in [-0.4, -0.2) is 23.0 Å². The third kappa shape index (κ3) is 3.25. The monoisotopic (exact) mass is 429 g/mol. The molecule has 26 heavy (non-hydrogen) atoms. The van der Waals surface area contributed by atoms with Gasteiger partial charge in [0.05, 0.1) is 18.3 Å². The van der Waals surface area contributed by atoms with Crippen LogP contribution in [0, 0.1) is 13.8 Å². The summed E-state index contributed by atoms with van der Waals surface area (Å²) in [6, 6.07) is 20.6. The van der Waals surface area contributed by atoms with Crippen LogP contribution >= 0.6 is 11.3 Å². The molecule has 1 N–H and O–H groups in total. The van der Waals surface area contributed by atoms with E-state index in [1.807, 2.05) is 48.6 Å². The predicted molar refractivity (Wildman–Crippen MR) is 102 cm³/mol. The van der Waals surface area contributed by atoms with Crippen LogP contribution in [0.25, 0.3) is 0 Å². The second-order valence-corrected chi connectivity index (χ2v) is 7.16. The first kappa shape index (κ1) is 18.6. The minimum atomic E-state index is 0. The number of thiazole rings is 1. The number of aryl methyl sites for hydroxylation is 2. The van der Waals surface area contributed by atoms with Crippen molar-refractivity contribution in [1.82, 2.24) is 10.1 Å². The van der Waals surface area contributed by atoms with Crippen molar-refractivity contribution >= 4 is 28.0 Å². The van der Waals surface area contributed by atoms with Crippen LogP contribution < -0.4 is 27.1 Å². The molecule has 4 rings (SSSR count). The average molecular weight is 430 g/mol. The summed E-state index contributed by atoms with van der Waals surface area (Å²) in [5, 5.41) is 10.9. The van der Waals surface area contributed by atoms with Crippen LogP contribution in [-0.2, 0) is 0 Å². The summed E-state index contributed by atoms with van der Waals surface area (Å²) in [6.07, 6.45) is 0. The maximum atomic E-state index is 4.82. The zero-order valence-electron chi connectivity index (χ0n) is 14.8. The maximum Gasteiger partial charge on any atom is 0.318 e. The van der Waals surface area contributed by atoms with Crippen LogP contribution in [0.15, 0.2) is 65.8 Å². The van der Waals surface area contributed by atoms with E-state index in [2.05, 4.69) is 43.2 Å². The molecule has 134 valence electrons. The summed E-state index contributed by atoms with van der Waals surface area (Å²) >= 11 is 1.71. The number of nitrogens with one attached hydrogen (secondary N) is 1. The highest BCUT2D eigenvalue weighted by Crippen LogP contribution is 2.23. The Morgan fingerprint density at radius 3 is 2.12 bits per heavy atom. The van der Waals surface area contributed by atoms with Gasteiger partial charge in [-0.05, 0) is 38.1 Å². The second-order valence-electron chi connectivity index (χ2n) is 5.96.